The molecular weight excluding hydrogens is 805 g/mol. The van der Waals surface area contributed by atoms with Gasteiger partial charge in [-0.2, -0.15) is 0 Å². The van der Waals surface area contributed by atoms with E-state index in [0.717, 1.165) is 62.9 Å². The number of aromatic nitrogens is 2. The summed E-state index contributed by atoms with van der Waals surface area (Å²) in [6.07, 6.45) is 10.1. The zero-order chi connectivity index (χ0) is 42.7. The molecule has 2 saturated carbocycles. The van der Waals surface area contributed by atoms with Gasteiger partial charge in [-0.3, -0.25) is 14.2 Å². The van der Waals surface area contributed by atoms with E-state index in [1.807, 2.05) is 53.6 Å². The monoisotopic (exact) mass is 860 g/mol. The fraction of sp³-hybridized carbons (Fsp3) is 0.396. The summed E-state index contributed by atoms with van der Waals surface area (Å²) in [4.78, 5) is 24.1. The Morgan fingerprint density at radius 3 is 1.59 bits per heavy atom. The molecule has 2 aliphatic heterocycles. The number of rotatable bonds is 13. The first kappa shape index (κ1) is 41.3. The number of nitrogens with zero attached hydrogens (tertiary/aromatic N) is 2. The van der Waals surface area contributed by atoms with E-state index < -0.39 is 20.0 Å². The van der Waals surface area contributed by atoms with Crippen LogP contribution in [0.3, 0.4) is 0 Å². The van der Waals surface area contributed by atoms with Crippen molar-refractivity contribution in [3.8, 4) is 0 Å². The first-order valence-corrected chi connectivity index (χ1v) is 25.2. The highest BCUT2D eigenvalue weighted by molar-refractivity contribution is 7.92. The molecule has 4 N–H and O–H groups in total. The fourth-order valence-electron chi connectivity index (χ4n) is 10.9. The van der Waals surface area contributed by atoms with E-state index in [-0.39, 0.29) is 16.7 Å². The van der Waals surface area contributed by atoms with Crippen LogP contribution in [0.5, 0.6) is 0 Å². The maximum absolute atomic E-state index is 12.8. The van der Waals surface area contributed by atoms with Gasteiger partial charge in [-0.25, -0.2) is 16.8 Å². The third-order valence-corrected chi connectivity index (χ3v) is 15.6. The first-order chi connectivity index (χ1) is 29.1. The van der Waals surface area contributed by atoms with Crippen LogP contribution in [0, 0.1) is 23.7 Å². The van der Waals surface area contributed by atoms with Gasteiger partial charge < -0.3 is 19.8 Å². The topological polar surface area (TPSA) is 147 Å². The number of nitrogens with one attached hydrogen (secondary N) is 4. The number of sulfonamides is 2. The summed E-state index contributed by atoms with van der Waals surface area (Å²) in [5, 5.41) is 2.53. The normalized spacial score (nSPS) is 25.5. The Hall–Kier alpha value is -5.11. The second-order valence-electron chi connectivity index (χ2n) is 18.3. The summed E-state index contributed by atoms with van der Waals surface area (Å²) < 4.78 is 51.4. The Kier molecular flexibility index (Phi) is 10.6. The number of hydrogen-bond donors (Lipinski definition) is 4. The van der Waals surface area contributed by atoms with Crippen LogP contribution in [-0.2, 0) is 48.5 Å². The molecule has 4 fully saturated rings. The smallest absolute Gasteiger partial charge is 0.229 e. The molecule has 320 valence electrons. The molecule has 61 heavy (non-hydrogen) atoms. The highest BCUT2D eigenvalue weighted by Gasteiger charge is 2.66. The van der Waals surface area contributed by atoms with Crippen molar-refractivity contribution in [1.29, 1.82) is 0 Å². The molecule has 2 aliphatic carbocycles. The second-order valence-corrected chi connectivity index (χ2v) is 21.8. The molecule has 6 aromatic rings. The van der Waals surface area contributed by atoms with Crippen molar-refractivity contribution in [1.82, 2.24) is 19.8 Å². The van der Waals surface area contributed by atoms with Gasteiger partial charge in [0.1, 0.15) is 0 Å². The Morgan fingerprint density at radius 1 is 0.639 bits per heavy atom. The molecule has 4 heterocycles. The van der Waals surface area contributed by atoms with Crippen molar-refractivity contribution in [3.05, 3.63) is 132 Å². The standard InChI is InChI=1S/C24H27N3O3S.C24H29N3O2S/c1-24(17-6-5-7-18(12-17)26-31(2,29)30)20-14-27(15-21(20)24)23(28)11-10-16-13-25-22-9-4-3-8-19(16)22;1-24(18-8-5-9-19(13-18)26-30(2,28)29)21-15-27(16-22(21)24)12-6-7-17-14-25-23-11-4-3-10-20(17)23/h3-9,12-13,20-21,25-26H,10-11,14-15H2,1-2H3;3-5,8-11,13-14,21-22,25-26H,6-7,12,15-16H2,1-2H3. The van der Waals surface area contributed by atoms with Crippen molar-refractivity contribution in [2.45, 2.75) is 50.4 Å². The van der Waals surface area contributed by atoms with Gasteiger partial charge in [0.2, 0.25) is 26.0 Å². The fourth-order valence-corrected chi connectivity index (χ4v) is 12.0. The van der Waals surface area contributed by atoms with Gasteiger partial charge >= 0.3 is 0 Å². The number of para-hydroxylation sites is 2. The van der Waals surface area contributed by atoms with Crippen LogP contribution in [0.25, 0.3) is 21.8 Å². The molecule has 11 nitrogen and oxygen atoms in total. The van der Waals surface area contributed by atoms with E-state index in [2.05, 4.69) is 92.9 Å². The van der Waals surface area contributed by atoms with Crippen molar-refractivity contribution < 1.29 is 21.6 Å². The molecule has 0 radical (unpaired) electrons. The lowest BCUT2D eigenvalue weighted by Gasteiger charge is -2.25. The molecule has 0 bridgehead atoms. The number of anilines is 2. The van der Waals surface area contributed by atoms with Gasteiger partial charge in [0.25, 0.3) is 0 Å². The Labute approximate surface area is 359 Å². The highest BCUT2D eigenvalue weighted by atomic mass is 32.2. The highest BCUT2D eigenvalue weighted by Crippen LogP contribution is 2.64. The number of aromatic amines is 2. The number of H-pyrrole nitrogens is 2. The van der Waals surface area contributed by atoms with Gasteiger partial charge in [-0.15, -0.1) is 0 Å². The van der Waals surface area contributed by atoms with E-state index in [9.17, 15) is 21.6 Å². The largest absolute Gasteiger partial charge is 0.361 e. The zero-order valence-electron chi connectivity index (χ0n) is 35.3. The molecule has 2 saturated heterocycles. The van der Waals surface area contributed by atoms with Crippen LogP contribution in [0.15, 0.2) is 109 Å². The number of amides is 1. The SMILES string of the molecule is CC1(c2cccc(NS(C)(=O)=O)c2)C2CN(C(=O)CCc3c[nH]c4ccccc34)CC21.CC1(c2cccc(NS(C)(=O)=O)c2)C2CN(CCCc3c[nH]c4ccccc34)CC21. The number of benzene rings is 4. The molecule has 13 heteroatoms. The van der Waals surface area contributed by atoms with Crippen LogP contribution in [0.4, 0.5) is 11.4 Å². The summed E-state index contributed by atoms with van der Waals surface area (Å²) in [5.74, 6) is 2.40. The first-order valence-electron chi connectivity index (χ1n) is 21.4. The van der Waals surface area contributed by atoms with Crippen molar-refractivity contribution >= 4 is 59.1 Å². The van der Waals surface area contributed by atoms with Gasteiger partial charge in [0.05, 0.1) is 12.5 Å². The molecule has 4 aromatic carbocycles. The minimum absolute atomic E-state index is 0.00279. The van der Waals surface area contributed by atoms with E-state index in [1.165, 1.54) is 45.7 Å². The third kappa shape index (κ3) is 8.32. The quantitative estimate of drug-likeness (QED) is 0.0946. The lowest BCUT2D eigenvalue weighted by Crippen LogP contribution is -2.34. The minimum atomic E-state index is -3.30. The Balaban J connectivity index is 0.000000156. The Morgan fingerprint density at radius 2 is 1.10 bits per heavy atom. The van der Waals surface area contributed by atoms with Crippen LogP contribution in [0.2, 0.25) is 0 Å². The van der Waals surface area contributed by atoms with Crippen LogP contribution < -0.4 is 9.44 Å². The van der Waals surface area contributed by atoms with Crippen LogP contribution in [0.1, 0.15) is 48.9 Å². The van der Waals surface area contributed by atoms with Crippen molar-refractivity contribution in [2.75, 3.05) is 54.7 Å². The number of carbonyl (C=O) groups excluding carboxylic acids is 1. The number of fused-ring (bicyclic) bond motifs is 4. The van der Waals surface area contributed by atoms with Crippen molar-refractivity contribution in [3.63, 3.8) is 0 Å². The molecule has 4 atom stereocenters. The van der Waals surface area contributed by atoms with Crippen molar-refractivity contribution in [2.24, 2.45) is 23.7 Å². The van der Waals surface area contributed by atoms with Gasteiger partial charge in [0, 0.05) is 89.0 Å². The molecular formula is C48H56N6O5S2. The number of likely N-dealkylation sites (tertiary alicyclic amines) is 2. The van der Waals surface area contributed by atoms with E-state index in [0.29, 0.717) is 41.5 Å². The lowest BCUT2D eigenvalue weighted by molar-refractivity contribution is -0.130. The summed E-state index contributed by atoms with van der Waals surface area (Å²) in [6, 6.07) is 32.3. The minimum Gasteiger partial charge on any atom is -0.361 e. The average molecular weight is 861 g/mol. The summed E-state index contributed by atoms with van der Waals surface area (Å²) >= 11 is 0. The van der Waals surface area contributed by atoms with Gasteiger partial charge in [-0.05, 0) is 108 Å². The number of aryl methyl sites for hydroxylation is 2. The van der Waals surface area contributed by atoms with Crippen LogP contribution in [-0.4, -0.2) is 87.7 Å². The maximum atomic E-state index is 12.8. The van der Waals surface area contributed by atoms with E-state index in [4.69, 9.17) is 0 Å². The summed E-state index contributed by atoms with van der Waals surface area (Å²) in [5.41, 5.74) is 8.75. The lowest BCUT2D eigenvalue weighted by atomic mass is 9.92. The van der Waals surface area contributed by atoms with Gasteiger partial charge in [-0.1, -0.05) is 74.5 Å². The third-order valence-electron chi connectivity index (χ3n) is 14.4. The maximum Gasteiger partial charge on any atom is 0.229 e. The predicted molar refractivity (Wildman–Crippen MR) is 245 cm³/mol. The van der Waals surface area contributed by atoms with Gasteiger partial charge in [0.15, 0.2) is 0 Å². The van der Waals surface area contributed by atoms with Crippen LogP contribution >= 0.6 is 0 Å². The van der Waals surface area contributed by atoms with E-state index in [1.54, 1.807) is 6.07 Å². The average Bonchev–Trinajstić information content (AvgIpc) is 3.69. The molecule has 0 spiro atoms. The second kappa shape index (κ2) is 15.7. The molecule has 4 aliphatic rings. The summed E-state index contributed by atoms with van der Waals surface area (Å²) in [6.45, 7) is 9.53. The molecule has 4 unspecified atom stereocenters. The molecule has 1 amide bonds. The zero-order valence-corrected chi connectivity index (χ0v) is 37.0. The molecule has 10 rings (SSSR count). The predicted octanol–water partition coefficient (Wildman–Crippen LogP) is 7.51. The number of piperidine rings is 2. The summed E-state index contributed by atoms with van der Waals surface area (Å²) in [7, 11) is -6.55. The van der Waals surface area contributed by atoms with E-state index >= 15 is 0 Å². The number of carbonyl (C=O) groups is 1. The molecule has 2 aromatic heterocycles. The Bertz CT molecular complexity index is 2810. The number of hydrogen-bond acceptors (Lipinski definition) is 6.